The highest BCUT2D eigenvalue weighted by Gasteiger charge is 2.26. The number of pyridine rings is 1. The summed E-state index contributed by atoms with van der Waals surface area (Å²) in [6, 6.07) is 23.0. The Morgan fingerprint density at radius 1 is 0.864 bits per heavy atom. The van der Waals surface area contributed by atoms with Crippen LogP contribution in [0.25, 0.3) is 11.1 Å². The Hall–Kier alpha value is -2.81. The van der Waals surface area contributed by atoms with Crippen molar-refractivity contribution >= 4 is 17.2 Å². The van der Waals surface area contributed by atoms with Crippen molar-refractivity contribution in [2.75, 3.05) is 23.5 Å². The quantitative estimate of drug-likeness (QED) is 0.700. The second-order valence-corrected chi connectivity index (χ2v) is 5.54. The average Bonchev–Trinajstić information content (AvgIpc) is 2.93. The predicted molar refractivity (Wildman–Crippen MR) is 91.5 cm³/mol. The van der Waals surface area contributed by atoms with Crippen molar-refractivity contribution in [1.29, 1.82) is 0 Å². The third kappa shape index (κ3) is 2.11. The Morgan fingerprint density at radius 3 is 2.27 bits per heavy atom. The summed E-state index contributed by atoms with van der Waals surface area (Å²) in [5, 5.41) is 0. The van der Waals surface area contributed by atoms with Gasteiger partial charge in [-0.15, -0.1) is 0 Å². The molecule has 0 bridgehead atoms. The fourth-order valence-electron chi connectivity index (χ4n) is 2.89. The molecule has 0 saturated heterocycles. The molecule has 3 nitrogen and oxygen atoms in total. The summed E-state index contributed by atoms with van der Waals surface area (Å²) in [6.45, 7) is 0.824. The number of benzene rings is 2. The van der Waals surface area contributed by atoms with E-state index in [9.17, 15) is 0 Å². The summed E-state index contributed by atoms with van der Waals surface area (Å²) in [5.74, 6) is 1.02. The molecule has 0 fully saturated rings. The van der Waals surface area contributed by atoms with E-state index in [0.717, 1.165) is 18.1 Å². The van der Waals surface area contributed by atoms with Crippen LogP contribution in [-0.4, -0.2) is 18.7 Å². The molecule has 0 spiro atoms. The van der Waals surface area contributed by atoms with Crippen LogP contribution in [0.1, 0.15) is 0 Å². The number of aromatic nitrogens is 1. The van der Waals surface area contributed by atoms with E-state index in [-0.39, 0.29) is 0 Å². The minimum absolute atomic E-state index is 0.824. The van der Waals surface area contributed by atoms with E-state index < -0.39 is 0 Å². The van der Waals surface area contributed by atoms with Crippen molar-refractivity contribution in [3.8, 4) is 11.1 Å². The largest absolute Gasteiger partial charge is 0.353 e. The molecule has 4 rings (SSSR count). The second kappa shape index (κ2) is 5.19. The summed E-state index contributed by atoms with van der Waals surface area (Å²) in [7, 11) is 2.11. The van der Waals surface area contributed by atoms with Gasteiger partial charge in [-0.3, -0.25) is 0 Å². The second-order valence-electron chi connectivity index (χ2n) is 5.54. The molecule has 3 aromatic rings. The van der Waals surface area contributed by atoms with Crippen LogP contribution in [0.2, 0.25) is 0 Å². The van der Waals surface area contributed by atoms with E-state index in [1.165, 1.54) is 16.9 Å². The monoisotopic (exact) mass is 287 g/mol. The summed E-state index contributed by atoms with van der Waals surface area (Å²) in [5.41, 5.74) is 4.70. The third-order valence-corrected chi connectivity index (χ3v) is 4.04. The van der Waals surface area contributed by atoms with E-state index in [2.05, 4.69) is 71.4 Å². The van der Waals surface area contributed by atoms with Gasteiger partial charge in [-0.25, -0.2) is 4.98 Å². The Balaban J connectivity index is 1.77. The molecule has 0 aliphatic carbocycles. The molecule has 3 heteroatoms. The van der Waals surface area contributed by atoms with Crippen molar-refractivity contribution in [1.82, 2.24) is 4.98 Å². The highest BCUT2D eigenvalue weighted by Crippen LogP contribution is 2.39. The van der Waals surface area contributed by atoms with Crippen molar-refractivity contribution in [3.63, 3.8) is 0 Å². The van der Waals surface area contributed by atoms with Crippen molar-refractivity contribution < 1.29 is 0 Å². The zero-order valence-electron chi connectivity index (χ0n) is 12.5. The van der Waals surface area contributed by atoms with Crippen molar-refractivity contribution in [2.45, 2.75) is 0 Å². The van der Waals surface area contributed by atoms with Gasteiger partial charge in [-0.1, -0.05) is 48.5 Å². The molecule has 0 atom stereocenters. The lowest BCUT2D eigenvalue weighted by molar-refractivity contribution is 0.944. The van der Waals surface area contributed by atoms with E-state index in [1.807, 2.05) is 18.3 Å². The zero-order valence-corrected chi connectivity index (χ0v) is 12.5. The maximum absolute atomic E-state index is 4.73. The molecule has 1 aliphatic rings. The lowest BCUT2D eigenvalue weighted by Gasteiger charge is -2.18. The first-order valence-corrected chi connectivity index (χ1v) is 7.42. The number of nitrogens with zero attached hydrogens (tertiary/aromatic N) is 3. The lowest BCUT2D eigenvalue weighted by atomic mass is 10.1. The molecule has 22 heavy (non-hydrogen) atoms. The number of para-hydroxylation sites is 1. The molecular formula is C19H17N3. The topological polar surface area (TPSA) is 19.4 Å². The molecule has 2 heterocycles. The minimum atomic E-state index is 0.824. The molecule has 0 unspecified atom stereocenters. The van der Waals surface area contributed by atoms with Crippen LogP contribution in [-0.2, 0) is 0 Å². The predicted octanol–water partition coefficient (Wildman–Crippen LogP) is 4.29. The van der Waals surface area contributed by atoms with Crippen molar-refractivity contribution in [3.05, 3.63) is 72.9 Å². The molecular weight excluding hydrogens is 270 g/mol. The van der Waals surface area contributed by atoms with Gasteiger partial charge in [-0.05, 0) is 23.8 Å². The molecule has 0 saturated carbocycles. The molecule has 0 amide bonds. The smallest absolute Gasteiger partial charge is 0.158 e. The first kappa shape index (κ1) is 12.9. The van der Waals surface area contributed by atoms with Crippen LogP contribution < -0.4 is 9.80 Å². The highest BCUT2D eigenvalue weighted by molar-refractivity contribution is 5.82. The molecule has 1 aromatic heterocycles. The molecule has 108 valence electrons. The van der Waals surface area contributed by atoms with Gasteiger partial charge in [0.25, 0.3) is 0 Å². The summed E-state index contributed by atoms with van der Waals surface area (Å²) in [4.78, 5) is 9.21. The van der Waals surface area contributed by atoms with Gasteiger partial charge in [-0.2, -0.15) is 0 Å². The Morgan fingerprint density at radius 2 is 1.55 bits per heavy atom. The average molecular weight is 287 g/mol. The van der Waals surface area contributed by atoms with Gasteiger partial charge in [0.1, 0.15) is 0 Å². The van der Waals surface area contributed by atoms with Gasteiger partial charge in [0.2, 0.25) is 0 Å². The normalized spacial score (nSPS) is 13.3. The van der Waals surface area contributed by atoms with Crippen LogP contribution in [0, 0.1) is 0 Å². The van der Waals surface area contributed by atoms with E-state index >= 15 is 0 Å². The maximum atomic E-state index is 4.73. The van der Waals surface area contributed by atoms with Crippen LogP contribution in [0.5, 0.6) is 0 Å². The Bertz CT molecular complexity index is 784. The number of hydrogen-bond acceptors (Lipinski definition) is 3. The first-order valence-electron chi connectivity index (χ1n) is 7.42. The number of hydrogen-bond donors (Lipinski definition) is 0. The number of anilines is 3. The molecule has 2 aromatic carbocycles. The van der Waals surface area contributed by atoms with Gasteiger partial charge < -0.3 is 9.80 Å². The van der Waals surface area contributed by atoms with E-state index in [1.54, 1.807) is 0 Å². The number of rotatable bonds is 2. The van der Waals surface area contributed by atoms with E-state index in [0.29, 0.717) is 0 Å². The molecule has 1 aliphatic heterocycles. The van der Waals surface area contributed by atoms with Gasteiger partial charge in [0.05, 0.1) is 12.4 Å². The Labute approximate surface area is 130 Å². The molecule has 0 N–H and O–H groups in total. The SMILES string of the molecule is CN1CN(c2ccccc2)c2ncc(-c3ccccc3)cc21. The van der Waals surface area contributed by atoms with Gasteiger partial charge in [0, 0.05) is 24.5 Å². The summed E-state index contributed by atoms with van der Waals surface area (Å²) in [6.07, 6.45) is 1.96. The van der Waals surface area contributed by atoms with Crippen molar-refractivity contribution in [2.24, 2.45) is 0 Å². The van der Waals surface area contributed by atoms with E-state index in [4.69, 9.17) is 4.98 Å². The standard InChI is InChI=1S/C19H17N3/c1-21-14-22(17-10-6-3-7-11-17)19-18(21)12-16(13-20-19)15-8-4-2-5-9-15/h2-13H,14H2,1H3. The van der Waals surface area contributed by atoms with Crippen LogP contribution in [0.4, 0.5) is 17.2 Å². The fourth-order valence-corrected chi connectivity index (χ4v) is 2.89. The summed E-state index contributed by atoms with van der Waals surface area (Å²) >= 11 is 0. The van der Waals surface area contributed by atoms with Crippen LogP contribution in [0.3, 0.4) is 0 Å². The first-order chi connectivity index (χ1) is 10.8. The maximum Gasteiger partial charge on any atom is 0.158 e. The van der Waals surface area contributed by atoms with Crippen LogP contribution in [0.15, 0.2) is 72.9 Å². The fraction of sp³-hybridized carbons (Fsp3) is 0.105. The highest BCUT2D eigenvalue weighted by atomic mass is 15.4. The lowest BCUT2D eigenvalue weighted by Crippen LogP contribution is -2.24. The summed E-state index contributed by atoms with van der Waals surface area (Å²) < 4.78 is 0. The molecule has 0 radical (unpaired) electrons. The van der Waals surface area contributed by atoms with Gasteiger partial charge in [0.15, 0.2) is 5.82 Å². The van der Waals surface area contributed by atoms with Gasteiger partial charge >= 0.3 is 0 Å². The van der Waals surface area contributed by atoms with Crippen LogP contribution >= 0.6 is 0 Å². The third-order valence-electron chi connectivity index (χ3n) is 4.04. The Kier molecular flexibility index (Phi) is 3.04. The zero-order chi connectivity index (χ0) is 14.9. The number of fused-ring (bicyclic) bond motifs is 1. The minimum Gasteiger partial charge on any atom is -0.353 e.